The molecule has 0 saturated heterocycles. The number of anilines is 1. The van der Waals surface area contributed by atoms with E-state index in [2.05, 4.69) is 27.9 Å². The second-order valence-corrected chi connectivity index (χ2v) is 4.69. The molecule has 1 saturated carbocycles. The van der Waals surface area contributed by atoms with E-state index in [-0.39, 0.29) is 0 Å². The van der Waals surface area contributed by atoms with Crippen LogP contribution < -0.4 is 10.6 Å². The summed E-state index contributed by atoms with van der Waals surface area (Å²) in [5.41, 5.74) is 6.35. The van der Waals surface area contributed by atoms with Gasteiger partial charge in [0, 0.05) is 31.0 Å². The monoisotopic (exact) mass is 245 g/mol. The summed E-state index contributed by atoms with van der Waals surface area (Å²) < 4.78 is 0. The van der Waals surface area contributed by atoms with Crippen LogP contribution in [-0.4, -0.2) is 28.6 Å². The molecule has 1 heterocycles. The quantitative estimate of drug-likeness (QED) is 0.871. The van der Waals surface area contributed by atoms with E-state index < -0.39 is 0 Å². The van der Waals surface area contributed by atoms with Gasteiger partial charge in [-0.2, -0.15) is 5.26 Å². The smallest absolute Gasteiger partial charge is 0.183 e. The molecule has 0 radical (unpaired) electrons. The predicted molar refractivity (Wildman–Crippen MR) is 70.0 cm³/mol. The van der Waals surface area contributed by atoms with Crippen molar-refractivity contribution in [3.63, 3.8) is 0 Å². The third kappa shape index (κ3) is 2.59. The van der Waals surface area contributed by atoms with Crippen molar-refractivity contribution in [2.45, 2.75) is 44.7 Å². The first-order valence-electron chi connectivity index (χ1n) is 6.49. The highest BCUT2D eigenvalue weighted by Crippen LogP contribution is 2.26. The van der Waals surface area contributed by atoms with E-state index in [0.29, 0.717) is 23.6 Å². The lowest BCUT2D eigenvalue weighted by atomic mass is 9.90. The molecule has 5 heteroatoms. The number of hydrogen-bond donors (Lipinski definition) is 1. The zero-order valence-electron chi connectivity index (χ0n) is 10.7. The summed E-state index contributed by atoms with van der Waals surface area (Å²) in [6, 6.07) is 2.88. The van der Waals surface area contributed by atoms with Crippen molar-refractivity contribution in [2.24, 2.45) is 5.73 Å². The van der Waals surface area contributed by atoms with Gasteiger partial charge < -0.3 is 10.6 Å². The fraction of sp³-hybridized carbons (Fsp3) is 0.615. The molecule has 96 valence electrons. The lowest BCUT2D eigenvalue weighted by Gasteiger charge is -2.36. The Morgan fingerprint density at radius 2 is 2.00 bits per heavy atom. The van der Waals surface area contributed by atoms with Crippen molar-refractivity contribution in [1.82, 2.24) is 9.97 Å². The lowest BCUT2D eigenvalue weighted by Crippen LogP contribution is -2.41. The number of nitriles is 1. The number of rotatable bonds is 3. The standard InChI is InChI=1S/C13H19N5/c1-2-18(11-5-3-10(15)4-6-11)13-12(9-14)16-7-8-17-13/h7-8,10-11H,2-6,15H2,1H3. The van der Waals surface area contributed by atoms with Gasteiger partial charge in [-0.1, -0.05) is 0 Å². The zero-order chi connectivity index (χ0) is 13.0. The molecule has 5 nitrogen and oxygen atoms in total. The van der Waals surface area contributed by atoms with E-state index in [4.69, 9.17) is 11.0 Å². The van der Waals surface area contributed by atoms with Crippen LogP contribution in [0.3, 0.4) is 0 Å². The Bertz CT molecular complexity index is 431. The molecule has 1 aromatic heterocycles. The molecule has 1 aliphatic rings. The highest BCUT2D eigenvalue weighted by atomic mass is 15.2. The molecule has 1 aliphatic carbocycles. The second-order valence-electron chi connectivity index (χ2n) is 4.69. The van der Waals surface area contributed by atoms with Gasteiger partial charge in [0.05, 0.1) is 0 Å². The van der Waals surface area contributed by atoms with Crippen LogP contribution in [0.1, 0.15) is 38.3 Å². The summed E-state index contributed by atoms with van der Waals surface area (Å²) in [7, 11) is 0. The van der Waals surface area contributed by atoms with Gasteiger partial charge in [0.1, 0.15) is 6.07 Å². The summed E-state index contributed by atoms with van der Waals surface area (Å²) in [6.07, 6.45) is 7.43. The molecule has 0 spiro atoms. The van der Waals surface area contributed by atoms with E-state index in [9.17, 15) is 0 Å². The molecule has 0 aliphatic heterocycles. The normalized spacial score (nSPS) is 23.4. The van der Waals surface area contributed by atoms with Gasteiger partial charge in [-0.3, -0.25) is 0 Å². The highest BCUT2D eigenvalue weighted by molar-refractivity contribution is 5.50. The first kappa shape index (κ1) is 12.8. The van der Waals surface area contributed by atoms with Crippen molar-refractivity contribution in [3.05, 3.63) is 18.1 Å². The van der Waals surface area contributed by atoms with Crippen LogP contribution in [0, 0.1) is 11.3 Å². The van der Waals surface area contributed by atoms with Crippen LogP contribution in [-0.2, 0) is 0 Å². The van der Waals surface area contributed by atoms with Crippen molar-refractivity contribution >= 4 is 5.82 Å². The Morgan fingerprint density at radius 3 is 2.61 bits per heavy atom. The van der Waals surface area contributed by atoms with Gasteiger partial charge in [-0.25, -0.2) is 9.97 Å². The summed E-state index contributed by atoms with van der Waals surface area (Å²) in [4.78, 5) is 10.6. The van der Waals surface area contributed by atoms with Crippen LogP contribution in [0.4, 0.5) is 5.82 Å². The van der Waals surface area contributed by atoms with Crippen LogP contribution in [0.15, 0.2) is 12.4 Å². The summed E-state index contributed by atoms with van der Waals surface area (Å²) >= 11 is 0. The average molecular weight is 245 g/mol. The minimum atomic E-state index is 0.331. The Balaban J connectivity index is 2.20. The summed E-state index contributed by atoms with van der Waals surface area (Å²) in [5, 5.41) is 9.10. The van der Waals surface area contributed by atoms with Crippen LogP contribution >= 0.6 is 0 Å². The minimum Gasteiger partial charge on any atom is -0.351 e. The maximum Gasteiger partial charge on any atom is 0.183 e. The molecule has 2 rings (SSSR count). The number of nitrogens with zero attached hydrogens (tertiary/aromatic N) is 4. The first-order chi connectivity index (χ1) is 8.76. The van der Waals surface area contributed by atoms with E-state index in [1.165, 1.54) is 0 Å². The molecule has 0 amide bonds. The Hall–Kier alpha value is -1.67. The fourth-order valence-corrected chi connectivity index (χ4v) is 2.61. The van der Waals surface area contributed by atoms with Gasteiger partial charge >= 0.3 is 0 Å². The van der Waals surface area contributed by atoms with E-state index in [1.807, 2.05) is 0 Å². The van der Waals surface area contributed by atoms with Gasteiger partial charge in [0.15, 0.2) is 11.5 Å². The molecular weight excluding hydrogens is 226 g/mol. The maximum absolute atomic E-state index is 9.10. The Labute approximate surface area is 108 Å². The van der Waals surface area contributed by atoms with E-state index in [0.717, 1.165) is 32.2 Å². The topological polar surface area (TPSA) is 78.8 Å². The minimum absolute atomic E-state index is 0.331. The molecule has 1 fully saturated rings. The van der Waals surface area contributed by atoms with Crippen molar-refractivity contribution in [3.8, 4) is 6.07 Å². The molecule has 0 atom stereocenters. The summed E-state index contributed by atoms with van der Waals surface area (Å²) in [5.74, 6) is 0.711. The third-order valence-corrected chi connectivity index (χ3v) is 3.58. The largest absolute Gasteiger partial charge is 0.351 e. The molecule has 18 heavy (non-hydrogen) atoms. The van der Waals surface area contributed by atoms with Gasteiger partial charge in [-0.05, 0) is 32.6 Å². The molecule has 0 bridgehead atoms. The Morgan fingerprint density at radius 1 is 1.33 bits per heavy atom. The lowest BCUT2D eigenvalue weighted by molar-refractivity contribution is 0.376. The van der Waals surface area contributed by atoms with E-state index >= 15 is 0 Å². The Kier molecular flexibility index (Phi) is 4.11. The van der Waals surface area contributed by atoms with Crippen molar-refractivity contribution < 1.29 is 0 Å². The number of aromatic nitrogens is 2. The highest BCUT2D eigenvalue weighted by Gasteiger charge is 2.25. The zero-order valence-corrected chi connectivity index (χ0v) is 10.7. The molecule has 2 N–H and O–H groups in total. The second kappa shape index (κ2) is 5.78. The molecule has 0 unspecified atom stereocenters. The SMILES string of the molecule is CCN(c1nccnc1C#N)C1CCC(N)CC1. The average Bonchev–Trinajstić information content (AvgIpc) is 2.42. The molecule has 0 aromatic carbocycles. The van der Waals surface area contributed by atoms with Gasteiger partial charge in [0.25, 0.3) is 0 Å². The molecular formula is C13H19N5. The predicted octanol–water partition coefficient (Wildman–Crippen LogP) is 1.44. The van der Waals surface area contributed by atoms with Crippen LogP contribution in [0.25, 0.3) is 0 Å². The van der Waals surface area contributed by atoms with Gasteiger partial charge in [-0.15, -0.1) is 0 Å². The molecule has 1 aromatic rings. The third-order valence-electron chi connectivity index (χ3n) is 3.58. The maximum atomic E-state index is 9.10. The van der Waals surface area contributed by atoms with Crippen LogP contribution in [0.2, 0.25) is 0 Å². The summed E-state index contributed by atoms with van der Waals surface area (Å²) in [6.45, 7) is 2.93. The van der Waals surface area contributed by atoms with Gasteiger partial charge in [0.2, 0.25) is 0 Å². The number of nitrogens with two attached hydrogens (primary N) is 1. The number of hydrogen-bond acceptors (Lipinski definition) is 5. The van der Waals surface area contributed by atoms with Crippen molar-refractivity contribution in [2.75, 3.05) is 11.4 Å². The van der Waals surface area contributed by atoms with E-state index in [1.54, 1.807) is 12.4 Å². The van der Waals surface area contributed by atoms with Crippen LogP contribution in [0.5, 0.6) is 0 Å². The first-order valence-corrected chi connectivity index (χ1v) is 6.49. The fourth-order valence-electron chi connectivity index (χ4n) is 2.61. The van der Waals surface area contributed by atoms with Crippen molar-refractivity contribution in [1.29, 1.82) is 5.26 Å².